The number of imide groups is 1. The normalized spacial score (nSPS) is 13.2. The summed E-state index contributed by atoms with van der Waals surface area (Å²) in [6.45, 7) is 0.443. The maximum absolute atomic E-state index is 12.4. The lowest BCUT2D eigenvalue weighted by atomic mass is 10.1. The minimum atomic E-state index is -0.188. The smallest absolute Gasteiger partial charge is 0.261 e. The molecular formula is C21H18ClN3O2S. The summed E-state index contributed by atoms with van der Waals surface area (Å²) in [7, 11) is 0. The van der Waals surface area contributed by atoms with Crippen LogP contribution in [0.5, 0.6) is 0 Å². The van der Waals surface area contributed by atoms with E-state index in [0.717, 1.165) is 29.4 Å². The van der Waals surface area contributed by atoms with E-state index in [0.29, 0.717) is 22.7 Å². The molecule has 2 aromatic carbocycles. The van der Waals surface area contributed by atoms with Crippen molar-refractivity contribution in [2.24, 2.45) is 0 Å². The van der Waals surface area contributed by atoms with Gasteiger partial charge in [-0.05, 0) is 49.2 Å². The fourth-order valence-corrected chi connectivity index (χ4v) is 4.27. The second kappa shape index (κ2) is 8.20. The molecule has 0 bridgehead atoms. The third-order valence-electron chi connectivity index (χ3n) is 4.60. The number of benzene rings is 2. The molecule has 1 aliphatic rings. The van der Waals surface area contributed by atoms with Crippen molar-refractivity contribution >= 4 is 35.2 Å². The molecule has 4 rings (SSSR count). The summed E-state index contributed by atoms with van der Waals surface area (Å²) in [5.41, 5.74) is 2.02. The molecule has 0 radical (unpaired) electrons. The Morgan fingerprint density at radius 3 is 2.29 bits per heavy atom. The van der Waals surface area contributed by atoms with Gasteiger partial charge in [0.1, 0.15) is 0 Å². The van der Waals surface area contributed by atoms with Gasteiger partial charge in [-0.3, -0.25) is 19.1 Å². The second-order valence-corrected chi connectivity index (χ2v) is 7.92. The number of imidazole rings is 1. The summed E-state index contributed by atoms with van der Waals surface area (Å²) in [6, 6.07) is 14.6. The zero-order valence-corrected chi connectivity index (χ0v) is 16.6. The Morgan fingerprint density at radius 1 is 0.929 bits per heavy atom. The molecule has 0 saturated carbocycles. The molecule has 1 aromatic heterocycles. The van der Waals surface area contributed by atoms with Gasteiger partial charge in [-0.1, -0.05) is 35.5 Å². The average molecular weight is 412 g/mol. The maximum Gasteiger partial charge on any atom is 0.261 e. The largest absolute Gasteiger partial charge is 0.295 e. The quantitative estimate of drug-likeness (QED) is 0.321. The third-order valence-corrected chi connectivity index (χ3v) is 5.90. The molecule has 7 heteroatoms. The van der Waals surface area contributed by atoms with Crippen molar-refractivity contribution in [3.8, 4) is 5.69 Å². The summed E-state index contributed by atoms with van der Waals surface area (Å²) in [5.74, 6) is 0.478. The van der Waals surface area contributed by atoms with Crippen molar-refractivity contribution in [1.82, 2.24) is 14.5 Å². The SMILES string of the molecule is O=C1c2ccccc2C(=O)N1CCCCSc1nccn1-c1ccc(Cl)cc1. The molecule has 28 heavy (non-hydrogen) atoms. The molecule has 2 amide bonds. The molecule has 142 valence electrons. The fraction of sp³-hybridized carbons (Fsp3) is 0.190. The van der Waals surface area contributed by atoms with E-state index in [1.54, 1.807) is 42.2 Å². The number of rotatable bonds is 7. The van der Waals surface area contributed by atoms with Crippen LogP contribution in [0.1, 0.15) is 33.6 Å². The van der Waals surface area contributed by atoms with E-state index in [1.165, 1.54) is 4.90 Å². The minimum absolute atomic E-state index is 0.188. The van der Waals surface area contributed by atoms with E-state index in [2.05, 4.69) is 4.98 Å². The van der Waals surface area contributed by atoms with Crippen LogP contribution < -0.4 is 0 Å². The molecule has 2 heterocycles. The van der Waals surface area contributed by atoms with Crippen molar-refractivity contribution in [3.05, 3.63) is 77.1 Å². The first-order valence-electron chi connectivity index (χ1n) is 9.02. The fourth-order valence-electron chi connectivity index (χ4n) is 3.17. The summed E-state index contributed by atoms with van der Waals surface area (Å²) in [6.07, 6.45) is 5.34. The Labute approximate surface area is 172 Å². The molecule has 0 N–H and O–H groups in total. The lowest BCUT2D eigenvalue weighted by molar-refractivity contribution is 0.0652. The number of aromatic nitrogens is 2. The van der Waals surface area contributed by atoms with Crippen molar-refractivity contribution in [3.63, 3.8) is 0 Å². The number of carbonyl (C=O) groups is 2. The van der Waals surface area contributed by atoms with Crippen LogP contribution in [0.25, 0.3) is 5.69 Å². The maximum atomic E-state index is 12.4. The molecule has 0 saturated heterocycles. The van der Waals surface area contributed by atoms with Gasteiger partial charge in [-0.2, -0.15) is 0 Å². The van der Waals surface area contributed by atoms with Crippen molar-refractivity contribution in [2.75, 3.05) is 12.3 Å². The molecule has 5 nitrogen and oxygen atoms in total. The lowest BCUT2D eigenvalue weighted by Crippen LogP contribution is -2.30. The van der Waals surface area contributed by atoms with Crippen LogP contribution in [-0.2, 0) is 0 Å². The number of nitrogens with zero attached hydrogens (tertiary/aromatic N) is 3. The highest BCUT2D eigenvalue weighted by atomic mass is 35.5. The lowest BCUT2D eigenvalue weighted by Gasteiger charge is -2.13. The predicted molar refractivity (Wildman–Crippen MR) is 110 cm³/mol. The Balaban J connectivity index is 1.29. The van der Waals surface area contributed by atoms with E-state index in [4.69, 9.17) is 11.6 Å². The number of thioether (sulfide) groups is 1. The van der Waals surface area contributed by atoms with E-state index in [-0.39, 0.29) is 11.8 Å². The van der Waals surface area contributed by atoms with Gasteiger partial charge >= 0.3 is 0 Å². The van der Waals surface area contributed by atoms with Gasteiger partial charge < -0.3 is 0 Å². The average Bonchev–Trinajstić information content (AvgIpc) is 3.27. The number of halogens is 1. The summed E-state index contributed by atoms with van der Waals surface area (Å²) in [4.78, 5) is 30.5. The van der Waals surface area contributed by atoms with E-state index in [9.17, 15) is 9.59 Å². The van der Waals surface area contributed by atoms with Crippen LogP contribution in [0.15, 0.2) is 66.1 Å². The van der Waals surface area contributed by atoms with Gasteiger partial charge in [0.05, 0.1) is 11.1 Å². The monoisotopic (exact) mass is 411 g/mol. The van der Waals surface area contributed by atoms with Crippen LogP contribution in [0.2, 0.25) is 5.02 Å². The van der Waals surface area contributed by atoms with E-state index >= 15 is 0 Å². The predicted octanol–water partition coefficient (Wildman–Crippen LogP) is 4.69. The molecule has 0 atom stereocenters. The first-order valence-corrected chi connectivity index (χ1v) is 10.4. The molecule has 0 fully saturated rings. The standard InChI is InChI=1S/C21H18ClN3O2S/c22-15-7-9-16(10-8-15)24-13-11-23-21(24)28-14-4-3-12-25-19(26)17-5-1-2-6-18(17)20(25)27/h1-2,5-11,13H,3-4,12,14H2. The highest BCUT2D eigenvalue weighted by molar-refractivity contribution is 7.99. The van der Waals surface area contributed by atoms with Crippen molar-refractivity contribution in [1.29, 1.82) is 0 Å². The van der Waals surface area contributed by atoms with Gasteiger partial charge in [0.15, 0.2) is 5.16 Å². The van der Waals surface area contributed by atoms with Gasteiger partial charge in [0.2, 0.25) is 0 Å². The number of fused-ring (bicyclic) bond motifs is 1. The Morgan fingerprint density at radius 2 is 1.61 bits per heavy atom. The first kappa shape index (κ1) is 18.8. The van der Waals surface area contributed by atoms with Crippen LogP contribution in [0.4, 0.5) is 0 Å². The Kier molecular flexibility index (Phi) is 5.50. The van der Waals surface area contributed by atoms with Crippen molar-refractivity contribution < 1.29 is 9.59 Å². The molecular weight excluding hydrogens is 394 g/mol. The number of amides is 2. The van der Waals surface area contributed by atoms with Gasteiger partial charge in [0, 0.05) is 35.4 Å². The molecule has 0 unspecified atom stereocenters. The number of carbonyl (C=O) groups excluding carboxylic acids is 2. The van der Waals surface area contributed by atoms with Gasteiger partial charge in [-0.15, -0.1) is 0 Å². The van der Waals surface area contributed by atoms with Gasteiger partial charge in [-0.25, -0.2) is 4.98 Å². The first-order chi connectivity index (χ1) is 13.6. The highest BCUT2D eigenvalue weighted by Crippen LogP contribution is 2.25. The second-order valence-electron chi connectivity index (χ2n) is 6.42. The topological polar surface area (TPSA) is 55.2 Å². The Bertz CT molecular complexity index is 981. The number of hydrogen-bond acceptors (Lipinski definition) is 4. The summed E-state index contributed by atoms with van der Waals surface area (Å²) < 4.78 is 2.02. The summed E-state index contributed by atoms with van der Waals surface area (Å²) >= 11 is 7.61. The van der Waals surface area contributed by atoms with Crippen LogP contribution in [-0.4, -0.2) is 38.6 Å². The number of unbranched alkanes of at least 4 members (excludes halogenated alkanes) is 1. The third kappa shape index (κ3) is 3.70. The highest BCUT2D eigenvalue weighted by Gasteiger charge is 2.34. The molecule has 0 aliphatic carbocycles. The van der Waals surface area contributed by atoms with Crippen LogP contribution in [0.3, 0.4) is 0 Å². The zero-order chi connectivity index (χ0) is 19.5. The van der Waals surface area contributed by atoms with Crippen LogP contribution >= 0.6 is 23.4 Å². The zero-order valence-electron chi connectivity index (χ0n) is 15.0. The van der Waals surface area contributed by atoms with E-state index < -0.39 is 0 Å². The summed E-state index contributed by atoms with van der Waals surface area (Å²) in [5, 5.41) is 1.61. The minimum Gasteiger partial charge on any atom is -0.295 e. The van der Waals surface area contributed by atoms with Crippen molar-refractivity contribution in [2.45, 2.75) is 18.0 Å². The molecule has 3 aromatic rings. The molecule has 0 spiro atoms. The number of hydrogen-bond donors (Lipinski definition) is 0. The van der Waals surface area contributed by atoms with Gasteiger partial charge in [0.25, 0.3) is 11.8 Å². The molecule has 1 aliphatic heterocycles. The Hall–Kier alpha value is -2.57. The van der Waals surface area contributed by atoms with E-state index in [1.807, 2.05) is 35.0 Å². The van der Waals surface area contributed by atoms with Crippen LogP contribution in [0, 0.1) is 0 Å².